The molecule has 0 radical (unpaired) electrons. The Morgan fingerprint density at radius 3 is 2.65 bits per heavy atom. The van der Waals surface area contributed by atoms with Crippen molar-refractivity contribution in [2.75, 3.05) is 0 Å². The predicted octanol–water partition coefficient (Wildman–Crippen LogP) is 1.38. The molecule has 2 N–H and O–H groups in total. The maximum Gasteiger partial charge on any atom is 0.357 e. The molecule has 1 fully saturated rings. The highest BCUT2D eigenvalue weighted by molar-refractivity contribution is 5.87. The van der Waals surface area contributed by atoms with Gasteiger partial charge in [-0.15, -0.1) is 0 Å². The van der Waals surface area contributed by atoms with E-state index in [4.69, 9.17) is 10.5 Å². The zero-order chi connectivity index (χ0) is 12.7. The average molecular weight is 235 g/mol. The van der Waals surface area contributed by atoms with Crippen LogP contribution in [0.15, 0.2) is 12.3 Å². The van der Waals surface area contributed by atoms with Gasteiger partial charge in [-0.3, -0.25) is 0 Å². The van der Waals surface area contributed by atoms with E-state index in [1.165, 1.54) is 0 Å². The molecular weight excluding hydrogens is 218 g/mol. The Balaban J connectivity index is 2.19. The van der Waals surface area contributed by atoms with Gasteiger partial charge in [0.05, 0.1) is 5.54 Å². The van der Waals surface area contributed by atoms with Crippen LogP contribution in [-0.4, -0.2) is 21.5 Å². The number of hydrogen-bond acceptors (Lipinski definition) is 5. The number of nitrogens with zero attached hydrogens (tertiary/aromatic N) is 2. The Labute approximate surface area is 100 Å². The van der Waals surface area contributed by atoms with Gasteiger partial charge >= 0.3 is 5.97 Å². The molecule has 1 aliphatic carbocycles. The van der Waals surface area contributed by atoms with Crippen molar-refractivity contribution in [2.45, 2.75) is 44.8 Å². The largest absolute Gasteiger partial charge is 0.455 e. The number of carbonyl (C=O) groups excluding carboxylic acids is 1. The van der Waals surface area contributed by atoms with Gasteiger partial charge in [-0.1, -0.05) is 0 Å². The fourth-order valence-electron chi connectivity index (χ4n) is 1.40. The van der Waals surface area contributed by atoms with E-state index in [1.54, 1.807) is 12.3 Å². The van der Waals surface area contributed by atoms with Gasteiger partial charge in [0, 0.05) is 6.20 Å². The highest BCUT2D eigenvalue weighted by Gasteiger charge is 2.43. The third-order valence-corrected chi connectivity index (χ3v) is 2.50. The minimum absolute atomic E-state index is 0.265. The van der Waals surface area contributed by atoms with Crippen LogP contribution in [-0.2, 0) is 10.3 Å². The summed E-state index contributed by atoms with van der Waals surface area (Å²) in [4.78, 5) is 20.1. The fourth-order valence-corrected chi connectivity index (χ4v) is 1.40. The SMILES string of the molecule is CC(C)(C)OC(=O)c1ccnc(C2(N)CC2)n1. The highest BCUT2D eigenvalue weighted by Crippen LogP contribution is 2.40. The summed E-state index contributed by atoms with van der Waals surface area (Å²) in [6.45, 7) is 5.45. The van der Waals surface area contributed by atoms with Crippen molar-refractivity contribution in [3.05, 3.63) is 23.8 Å². The summed E-state index contributed by atoms with van der Waals surface area (Å²) in [5.74, 6) is 0.0891. The Bertz CT molecular complexity index is 447. The second-order valence-corrected chi connectivity index (χ2v) is 5.42. The van der Waals surface area contributed by atoms with Crippen molar-refractivity contribution in [3.8, 4) is 0 Å². The van der Waals surface area contributed by atoms with E-state index in [0.29, 0.717) is 5.82 Å². The van der Waals surface area contributed by atoms with E-state index in [-0.39, 0.29) is 5.69 Å². The van der Waals surface area contributed by atoms with Crippen molar-refractivity contribution in [3.63, 3.8) is 0 Å². The van der Waals surface area contributed by atoms with Gasteiger partial charge in [0.1, 0.15) is 11.4 Å². The fraction of sp³-hybridized carbons (Fsp3) is 0.583. The van der Waals surface area contributed by atoms with Crippen molar-refractivity contribution >= 4 is 5.97 Å². The molecule has 1 aliphatic rings. The average Bonchev–Trinajstić information content (AvgIpc) is 2.96. The lowest BCUT2D eigenvalue weighted by atomic mass is 10.2. The lowest BCUT2D eigenvalue weighted by molar-refractivity contribution is 0.00622. The molecule has 1 saturated carbocycles. The van der Waals surface area contributed by atoms with E-state index in [0.717, 1.165) is 12.8 Å². The summed E-state index contributed by atoms with van der Waals surface area (Å²) in [5.41, 5.74) is 5.29. The second-order valence-electron chi connectivity index (χ2n) is 5.42. The third kappa shape index (κ3) is 2.79. The molecule has 5 nitrogen and oxygen atoms in total. The molecule has 5 heteroatoms. The van der Waals surface area contributed by atoms with Crippen LogP contribution >= 0.6 is 0 Å². The van der Waals surface area contributed by atoms with Crippen LogP contribution < -0.4 is 5.73 Å². The van der Waals surface area contributed by atoms with E-state index < -0.39 is 17.1 Å². The maximum atomic E-state index is 11.8. The molecule has 2 rings (SSSR count). The molecule has 0 aliphatic heterocycles. The van der Waals surface area contributed by atoms with Crippen LogP contribution in [0.5, 0.6) is 0 Å². The third-order valence-electron chi connectivity index (χ3n) is 2.50. The number of rotatable bonds is 2. The number of nitrogens with two attached hydrogens (primary N) is 1. The lowest BCUT2D eigenvalue weighted by Crippen LogP contribution is -2.27. The number of esters is 1. The summed E-state index contributed by atoms with van der Waals surface area (Å²) in [7, 11) is 0. The van der Waals surface area contributed by atoms with Gasteiger partial charge in [0.15, 0.2) is 5.69 Å². The Hall–Kier alpha value is -1.49. The zero-order valence-electron chi connectivity index (χ0n) is 10.4. The van der Waals surface area contributed by atoms with E-state index in [1.807, 2.05) is 20.8 Å². The summed E-state index contributed by atoms with van der Waals surface area (Å²) in [6, 6.07) is 1.54. The second kappa shape index (κ2) is 3.77. The van der Waals surface area contributed by atoms with Gasteiger partial charge in [-0.2, -0.15) is 0 Å². The van der Waals surface area contributed by atoms with Crippen molar-refractivity contribution in [1.29, 1.82) is 0 Å². The van der Waals surface area contributed by atoms with Crippen LogP contribution in [0, 0.1) is 0 Å². The Morgan fingerprint density at radius 2 is 2.12 bits per heavy atom. The summed E-state index contributed by atoms with van der Waals surface area (Å²) in [5, 5.41) is 0. The summed E-state index contributed by atoms with van der Waals surface area (Å²) in [6.07, 6.45) is 3.28. The first-order valence-electron chi connectivity index (χ1n) is 5.66. The zero-order valence-corrected chi connectivity index (χ0v) is 10.4. The van der Waals surface area contributed by atoms with Crippen LogP contribution in [0.2, 0.25) is 0 Å². The normalized spacial score (nSPS) is 17.6. The maximum absolute atomic E-state index is 11.8. The first kappa shape index (κ1) is 12.0. The quantitative estimate of drug-likeness (QED) is 0.783. The first-order valence-corrected chi connectivity index (χ1v) is 5.66. The van der Waals surface area contributed by atoms with E-state index >= 15 is 0 Å². The minimum Gasteiger partial charge on any atom is -0.455 e. The molecule has 0 atom stereocenters. The number of aromatic nitrogens is 2. The standard InChI is InChI=1S/C12H17N3O2/c1-11(2,3)17-9(16)8-4-7-14-10(15-8)12(13)5-6-12/h4,7H,5-6,13H2,1-3H3. The molecule has 0 unspecified atom stereocenters. The predicted molar refractivity (Wildman–Crippen MR) is 62.3 cm³/mol. The molecule has 1 heterocycles. The van der Waals surface area contributed by atoms with Crippen molar-refractivity contribution < 1.29 is 9.53 Å². The Kier molecular flexibility index (Phi) is 2.66. The van der Waals surface area contributed by atoms with Crippen molar-refractivity contribution in [2.24, 2.45) is 5.73 Å². The summed E-state index contributed by atoms with van der Waals surface area (Å²) >= 11 is 0. The topological polar surface area (TPSA) is 78.1 Å². The van der Waals surface area contributed by atoms with E-state index in [2.05, 4.69) is 9.97 Å². The van der Waals surface area contributed by atoms with Crippen LogP contribution in [0.4, 0.5) is 0 Å². The van der Waals surface area contributed by atoms with Crippen LogP contribution in [0.25, 0.3) is 0 Å². The Morgan fingerprint density at radius 1 is 1.47 bits per heavy atom. The number of carbonyl (C=O) groups is 1. The van der Waals surface area contributed by atoms with E-state index in [9.17, 15) is 4.79 Å². The molecule has 0 bridgehead atoms. The van der Waals surface area contributed by atoms with Crippen LogP contribution in [0.3, 0.4) is 0 Å². The molecular formula is C12H17N3O2. The van der Waals surface area contributed by atoms with Gasteiger partial charge in [0.25, 0.3) is 0 Å². The molecule has 17 heavy (non-hydrogen) atoms. The summed E-state index contributed by atoms with van der Waals surface area (Å²) < 4.78 is 5.24. The van der Waals surface area contributed by atoms with Gasteiger partial charge in [0.2, 0.25) is 0 Å². The molecule has 92 valence electrons. The number of hydrogen-bond donors (Lipinski definition) is 1. The van der Waals surface area contributed by atoms with Gasteiger partial charge in [-0.25, -0.2) is 14.8 Å². The molecule has 0 amide bonds. The smallest absolute Gasteiger partial charge is 0.357 e. The number of ether oxygens (including phenoxy) is 1. The monoisotopic (exact) mass is 235 g/mol. The molecule has 1 aromatic heterocycles. The molecule has 0 saturated heterocycles. The van der Waals surface area contributed by atoms with Crippen LogP contribution in [0.1, 0.15) is 49.9 Å². The first-order chi connectivity index (χ1) is 7.80. The van der Waals surface area contributed by atoms with Gasteiger partial charge in [-0.05, 0) is 39.7 Å². The highest BCUT2D eigenvalue weighted by atomic mass is 16.6. The minimum atomic E-state index is -0.526. The molecule has 0 aromatic carbocycles. The molecule has 0 spiro atoms. The van der Waals surface area contributed by atoms with Gasteiger partial charge < -0.3 is 10.5 Å². The lowest BCUT2D eigenvalue weighted by Gasteiger charge is -2.19. The molecule has 1 aromatic rings. The van der Waals surface area contributed by atoms with Crippen molar-refractivity contribution in [1.82, 2.24) is 9.97 Å².